The van der Waals surface area contributed by atoms with Crippen LogP contribution >= 0.6 is 0 Å². The molecule has 1 saturated carbocycles. The van der Waals surface area contributed by atoms with Gasteiger partial charge in [0.15, 0.2) is 0 Å². The van der Waals surface area contributed by atoms with Crippen LogP contribution in [0.1, 0.15) is 65.2 Å². The molecule has 4 N–H and O–H groups in total. The summed E-state index contributed by atoms with van der Waals surface area (Å²) >= 11 is 0. The Morgan fingerprint density at radius 1 is 1.24 bits per heavy atom. The highest BCUT2D eigenvalue weighted by atomic mass is 16.2. The van der Waals surface area contributed by atoms with E-state index >= 15 is 0 Å². The number of rotatable bonds is 9. The normalized spacial score (nSPS) is 18.2. The first-order valence-corrected chi connectivity index (χ1v) is 8.36. The van der Waals surface area contributed by atoms with Gasteiger partial charge in [0.25, 0.3) is 0 Å². The van der Waals surface area contributed by atoms with Crippen molar-refractivity contribution in [1.82, 2.24) is 10.6 Å². The van der Waals surface area contributed by atoms with Crippen molar-refractivity contribution in [2.75, 3.05) is 6.54 Å². The Morgan fingerprint density at radius 2 is 1.90 bits per heavy atom. The number of unbranched alkanes of at least 4 members (excludes halogenated alkanes) is 1. The topological polar surface area (TPSA) is 84.2 Å². The molecule has 5 nitrogen and oxygen atoms in total. The summed E-state index contributed by atoms with van der Waals surface area (Å²) in [5.41, 5.74) is 5.67. The monoisotopic (exact) mass is 297 g/mol. The maximum atomic E-state index is 12.0. The summed E-state index contributed by atoms with van der Waals surface area (Å²) in [7, 11) is 0. The third-order valence-electron chi connectivity index (χ3n) is 4.16. The van der Waals surface area contributed by atoms with Crippen LogP contribution in [0.5, 0.6) is 0 Å². The second kappa shape index (κ2) is 9.77. The highest BCUT2D eigenvalue weighted by molar-refractivity contribution is 5.81. The summed E-state index contributed by atoms with van der Waals surface area (Å²) in [4.78, 5) is 24.0. The number of carbonyl (C=O) groups is 2. The van der Waals surface area contributed by atoms with Gasteiger partial charge in [0, 0.05) is 31.0 Å². The first kappa shape index (κ1) is 18.0. The van der Waals surface area contributed by atoms with Crippen molar-refractivity contribution in [2.45, 2.75) is 77.3 Å². The lowest BCUT2D eigenvalue weighted by Gasteiger charge is -2.20. The lowest BCUT2D eigenvalue weighted by atomic mass is 10.1. The molecular weight excluding hydrogens is 266 g/mol. The van der Waals surface area contributed by atoms with Crippen molar-refractivity contribution in [3.8, 4) is 0 Å². The molecule has 1 aliphatic carbocycles. The number of hydrogen-bond donors (Lipinski definition) is 3. The molecule has 5 heteroatoms. The van der Waals surface area contributed by atoms with Crippen molar-refractivity contribution >= 4 is 11.8 Å². The van der Waals surface area contributed by atoms with Gasteiger partial charge in [-0.05, 0) is 26.2 Å². The van der Waals surface area contributed by atoms with Crippen LogP contribution in [0.2, 0.25) is 0 Å². The van der Waals surface area contributed by atoms with Gasteiger partial charge in [0.2, 0.25) is 11.8 Å². The molecule has 0 heterocycles. The Kier molecular flexibility index (Phi) is 8.35. The lowest BCUT2D eigenvalue weighted by molar-refractivity contribution is -0.126. The zero-order valence-electron chi connectivity index (χ0n) is 13.5. The van der Waals surface area contributed by atoms with Crippen LogP contribution in [0.15, 0.2) is 0 Å². The summed E-state index contributed by atoms with van der Waals surface area (Å²) in [5, 5.41) is 5.92. The molecule has 2 amide bonds. The maximum absolute atomic E-state index is 12.0. The Labute approximate surface area is 128 Å². The molecule has 0 saturated heterocycles. The zero-order valence-corrected chi connectivity index (χ0v) is 13.5. The van der Waals surface area contributed by atoms with Gasteiger partial charge in [-0.25, -0.2) is 0 Å². The predicted molar refractivity (Wildman–Crippen MR) is 84.7 cm³/mol. The third kappa shape index (κ3) is 6.93. The number of nitrogens with two attached hydrogens (primary N) is 1. The van der Waals surface area contributed by atoms with Gasteiger partial charge >= 0.3 is 0 Å². The van der Waals surface area contributed by atoms with E-state index in [2.05, 4.69) is 17.6 Å². The molecule has 0 aromatic rings. The van der Waals surface area contributed by atoms with Crippen molar-refractivity contribution in [1.29, 1.82) is 0 Å². The highest BCUT2D eigenvalue weighted by Gasteiger charge is 2.24. The van der Waals surface area contributed by atoms with Gasteiger partial charge in [0.05, 0.1) is 0 Å². The van der Waals surface area contributed by atoms with E-state index in [0.29, 0.717) is 13.0 Å². The summed E-state index contributed by atoms with van der Waals surface area (Å²) in [6.07, 6.45) is 7.65. The molecule has 1 rings (SSSR count). The minimum Gasteiger partial charge on any atom is -0.353 e. The largest absolute Gasteiger partial charge is 0.353 e. The van der Waals surface area contributed by atoms with E-state index in [9.17, 15) is 9.59 Å². The van der Waals surface area contributed by atoms with Gasteiger partial charge in [-0.15, -0.1) is 0 Å². The van der Waals surface area contributed by atoms with Crippen LogP contribution in [-0.2, 0) is 9.59 Å². The molecule has 122 valence electrons. The van der Waals surface area contributed by atoms with Crippen molar-refractivity contribution < 1.29 is 9.59 Å². The van der Waals surface area contributed by atoms with E-state index < -0.39 is 0 Å². The van der Waals surface area contributed by atoms with Crippen LogP contribution in [0.4, 0.5) is 0 Å². The molecule has 0 spiro atoms. The van der Waals surface area contributed by atoms with E-state index in [1.54, 1.807) is 0 Å². The van der Waals surface area contributed by atoms with Crippen LogP contribution in [-0.4, -0.2) is 30.4 Å². The highest BCUT2D eigenvalue weighted by Crippen LogP contribution is 2.24. The summed E-state index contributed by atoms with van der Waals surface area (Å²) < 4.78 is 0. The maximum Gasteiger partial charge on any atom is 0.223 e. The molecule has 0 bridgehead atoms. The van der Waals surface area contributed by atoms with Crippen molar-refractivity contribution in [2.24, 2.45) is 11.7 Å². The third-order valence-corrected chi connectivity index (χ3v) is 4.16. The molecule has 0 radical (unpaired) electrons. The molecule has 0 aliphatic heterocycles. The fraction of sp³-hybridized carbons (Fsp3) is 0.875. The fourth-order valence-electron chi connectivity index (χ4n) is 2.86. The van der Waals surface area contributed by atoms with Crippen LogP contribution in [0.25, 0.3) is 0 Å². The molecule has 1 fully saturated rings. The summed E-state index contributed by atoms with van der Waals surface area (Å²) in [6, 6.07) is -0.0714. The smallest absolute Gasteiger partial charge is 0.223 e. The quantitative estimate of drug-likeness (QED) is 0.605. The van der Waals surface area contributed by atoms with E-state index in [1.165, 1.54) is 0 Å². The summed E-state index contributed by atoms with van der Waals surface area (Å²) in [6.45, 7) is 4.47. The molecule has 2 unspecified atom stereocenters. The SMILES string of the molecule is CCCCC(CN)NC(=O)CC(C)NC(=O)C1CCCC1. The van der Waals surface area contributed by atoms with Crippen LogP contribution < -0.4 is 16.4 Å². The average molecular weight is 297 g/mol. The molecule has 2 atom stereocenters. The standard InChI is InChI=1S/C16H31N3O2/c1-3-4-9-14(11-17)19-15(20)10-12(2)18-16(21)13-7-5-6-8-13/h12-14H,3-11,17H2,1-2H3,(H,18,21)(H,19,20). The van der Waals surface area contributed by atoms with E-state index in [1.807, 2.05) is 6.92 Å². The van der Waals surface area contributed by atoms with E-state index in [-0.39, 0.29) is 29.8 Å². The summed E-state index contributed by atoms with van der Waals surface area (Å²) in [5.74, 6) is 0.229. The first-order chi connectivity index (χ1) is 10.1. The Balaban J connectivity index is 2.27. The number of carbonyl (C=O) groups excluding carboxylic acids is 2. The molecular formula is C16H31N3O2. The molecule has 0 aromatic heterocycles. The minimum atomic E-state index is -0.123. The van der Waals surface area contributed by atoms with Crippen molar-refractivity contribution in [3.63, 3.8) is 0 Å². The van der Waals surface area contributed by atoms with Gasteiger partial charge < -0.3 is 16.4 Å². The number of nitrogens with one attached hydrogen (secondary N) is 2. The van der Waals surface area contributed by atoms with E-state index in [0.717, 1.165) is 44.9 Å². The number of amides is 2. The lowest BCUT2D eigenvalue weighted by Crippen LogP contribution is -2.44. The first-order valence-electron chi connectivity index (χ1n) is 8.36. The Bertz CT molecular complexity index is 327. The Morgan fingerprint density at radius 3 is 2.48 bits per heavy atom. The zero-order chi connectivity index (χ0) is 15.7. The second-order valence-electron chi connectivity index (χ2n) is 6.24. The van der Waals surface area contributed by atoms with Gasteiger partial charge in [-0.3, -0.25) is 9.59 Å². The van der Waals surface area contributed by atoms with E-state index in [4.69, 9.17) is 5.73 Å². The van der Waals surface area contributed by atoms with Gasteiger partial charge in [-0.1, -0.05) is 32.6 Å². The van der Waals surface area contributed by atoms with Crippen LogP contribution in [0, 0.1) is 5.92 Å². The van der Waals surface area contributed by atoms with Crippen molar-refractivity contribution in [3.05, 3.63) is 0 Å². The molecule has 21 heavy (non-hydrogen) atoms. The minimum absolute atomic E-state index is 0.0271. The van der Waals surface area contributed by atoms with Gasteiger partial charge in [0.1, 0.15) is 0 Å². The fourth-order valence-corrected chi connectivity index (χ4v) is 2.86. The van der Waals surface area contributed by atoms with Crippen LogP contribution in [0.3, 0.4) is 0 Å². The molecule has 1 aliphatic rings. The Hall–Kier alpha value is -1.10. The predicted octanol–water partition coefficient (Wildman–Crippen LogP) is 1.71. The van der Waals surface area contributed by atoms with Gasteiger partial charge in [-0.2, -0.15) is 0 Å². The number of hydrogen-bond acceptors (Lipinski definition) is 3. The second-order valence-corrected chi connectivity index (χ2v) is 6.24. The average Bonchev–Trinajstić information content (AvgIpc) is 2.97. The molecule has 0 aromatic carbocycles.